The van der Waals surface area contributed by atoms with Crippen LogP contribution in [0.15, 0.2) is 40.0 Å². The minimum Gasteiger partial charge on any atom is -0.355 e. The van der Waals surface area contributed by atoms with Gasteiger partial charge in [0.2, 0.25) is 5.91 Å². The number of hydrogen-bond acceptors (Lipinski definition) is 7. The van der Waals surface area contributed by atoms with E-state index in [4.69, 9.17) is 4.52 Å². The van der Waals surface area contributed by atoms with Crippen molar-refractivity contribution >= 4 is 40.3 Å². The third kappa shape index (κ3) is 3.62. The molecule has 0 unspecified atom stereocenters. The zero-order valence-electron chi connectivity index (χ0n) is 15.3. The van der Waals surface area contributed by atoms with Crippen molar-refractivity contribution in [1.82, 2.24) is 15.1 Å². The van der Waals surface area contributed by atoms with Crippen LogP contribution in [0.1, 0.15) is 18.5 Å². The second kappa shape index (κ2) is 7.56. The largest absolute Gasteiger partial charge is 0.355 e. The number of piperidine rings is 1. The van der Waals surface area contributed by atoms with Crippen LogP contribution in [0.25, 0.3) is 11.1 Å². The maximum atomic E-state index is 12.8. The normalized spacial score (nSPS) is 17.3. The predicted octanol–water partition coefficient (Wildman–Crippen LogP) is 3.50. The molecule has 27 heavy (non-hydrogen) atoms. The van der Waals surface area contributed by atoms with Crippen LogP contribution in [0.4, 0.5) is 11.5 Å². The number of hydrogen-bond donors (Lipinski definition) is 1. The number of carbonyl (C=O) groups excluding carboxylic acids is 1. The van der Waals surface area contributed by atoms with Gasteiger partial charge in [-0.05, 0) is 44.2 Å². The first-order chi connectivity index (χ1) is 13.2. The SMILES string of the molecule is CSc1cccc(NC(=O)[C@H]2CCCN(c3ncnc4onc(C)c34)C2)c1. The first-order valence-electron chi connectivity index (χ1n) is 8.92. The molecule has 1 atom stereocenters. The maximum absolute atomic E-state index is 12.8. The van der Waals surface area contributed by atoms with Crippen LogP contribution in [-0.4, -0.2) is 40.4 Å². The molecule has 1 fully saturated rings. The lowest BCUT2D eigenvalue weighted by Gasteiger charge is -2.33. The molecule has 0 bridgehead atoms. The summed E-state index contributed by atoms with van der Waals surface area (Å²) in [6.07, 6.45) is 5.30. The van der Waals surface area contributed by atoms with Crippen molar-refractivity contribution in [2.45, 2.75) is 24.7 Å². The van der Waals surface area contributed by atoms with Crippen LogP contribution >= 0.6 is 11.8 Å². The van der Waals surface area contributed by atoms with Crippen molar-refractivity contribution in [2.24, 2.45) is 5.92 Å². The highest BCUT2D eigenvalue weighted by molar-refractivity contribution is 7.98. The molecular formula is C19H21N5O2S. The number of nitrogens with one attached hydrogen (secondary N) is 1. The summed E-state index contributed by atoms with van der Waals surface area (Å²) < 4.78 is 5.25. The molecule has 1 saturated heterocycles. The Morgan fingerprint density at radius 1 is 1.37 bits per heavy atom. The molecule has 7 nitrogen and oxygen atoms in total. The van der Waals surface area contributed by atoms with E-state index in [1.165, 1.54) is 6.33 Å². The first kappa shape index (κ1) is 17.8. The van der Waals surface area contributed by atoms with Gasteiger partial charge in [0, 0.05) is 23.7 Å². The molecule has 1 aliphatic rings. The topological polar surface area (TPSA) is 84.2 Å². The van der Waals surface area contributed by atoms with Crippen LogP contribution in [0, 0.1) is 12.8 Å². The van der Waals surface area contributed by atoms with Crippen LogP contribution < -0.4 is 10.2 Å². The van der Waals surface area contributed by atoms with Gasteiger partial charge in [0.25, 0.3) is 5.71 Å². The van der Waals surface area contributed by atoms with Gasteiger partial charge < -0.3 is 14.7 Å². The van der Waals surface area contributed by atoms with Crippen molar-refractivity contribution < 1.29 is 9.32 Å². The number of nitrogens with zero attached hydrogens (tertiary/aromatic N) is 4. The van der Waals surface area contributed by atoms with E-state index in [1.54, 1.807) is 11.8 Å². The minimum atomic E-state index is -0.0955. The smallest absolute Gasteiger partial charge is 0.263 e. The number of fused-ring (bicyclic) bond motifs is 1. The Hall–Kier alpha value is -2.61. The number of aromatic nitrogens is 3. The number of aryl methyl sites for hydroxylation is 1. The molecule has 8 heteroatoms. The second-order valence-electron chi connectivity index (χ2n) is 6.65. The molecule has 0 radical (unpaired) electrons. The molecule has 3 heterocycles. The van der Waals surface area contributed by atoms with E-state index in [-0.39, 0.29) is 11.8 Å². The van der Waals surface area contributed by atoms with E-state index in [0.29, 0.717) is 12.3 Å². The number of anilines is 2. The Bertz CT molecular complexity index is 974. The van der Waals surface area contributed by atoms with Crippen molar-refractivity contribution in [3.05, 3.63) is 36.3 Å². The number of benzene rings is 1. The molecule has 4 rings (SSSR count). The first-order valence-corrected chi connectivity index (χ1v) is 10.1. The van der Waals surface area contributed by atoms with Gasteiger partial charge in [-0.25, -0.2) is 4.98 Å². The van der Waals surface area contributed by atoms with E-state index in [2.05, 4.69) is 25.3 Å². The van der Waals surface area contributed by atoms with Crippen LogP contribution in [0.3, 0.4) is 0 Å². The van der Waals surface area contributed by atoms with Gasteiger partial charge in [-0.15, -0.1) is 11.8 Å². The predicted molar refractivity (Wildman–Crippen MR) is 106 cm³/mol. The summed E-state index contributed by atoms with van der Waals surface area (Å²) in [7, 11) is 0. The van der Waals surface area contributed by atoms with Crippen molar-refractivity contribution in [2.75, 3.05) is 29.6 Å². The Labute approximate surface area is 161 Å². The highest BCUT2D eigenvalue weighted by Gasteiger charge is 2.28. The molecule has 0 spiro atoms. The summed E-state index contributed by atoms with van der Waals surface area (Å²) in [6, 6.07) is 7.91. The quantitative estimate of drug-likeness (QED) is 0.690. The summed E-state index contributed by atoms with van der Waals surface area (Å²) in [6.45, 7) is 3.35. The highest BCUT2D eigenvalue weighted by atomic mass is 32.2. The van der Waals surface area contributed by atoms with Gasteiger partial charge in [-0.3, -0.25) is 4.79 Å². The standard InChI is InChI=1S/C19H21N5O2S/c1-12-16-17(20-11-21-19(16)26-23-12)24-8-4-5-13(10-24)18(25)22-14-6-3-7-15(9-14)27-2/h3,6-7,9,11,13H,4-5,8,10H2,1-2H3,(H,22,25)/t13-/m0/s1. The Morgan fingerprint density at radius 2 is 2.26 bits per heavy atom. The van der Waals surface area contributed by atoms with E-state index in [1.807, 2.05) is 37.4 Å². The van der Waals surface area contributed by atoms with Crippen LogP contribution in [-0.2, 0) is 4.79 Å². The molecule has 1 N–H and O–H groups in total. The van der Waals surface area contributed by atoms with Crippen molar-refractivity contribution in [3.63, 3.8) is 0 Å². The van der Waals surface area contributed by atoms with Crippen LogP contribution in [0.5, 0.6) is 0 Å². The lowest BCUT2D eigenvalue weighted by Crippen LogP contribution is -2.41. The van der Waals surface area contributed by atoms with E-state index in [0.717, 1.165) is 46.9 Å². The monoisotopic (exact) mass is 383 g/mol. The minimum absolute atomic E-state index is 0.0466. The van der Waals surface area contributed by atoms with Crippen molar-refractivity contribution in [1.29, 1.82) is 0 Å². The fourth-order valence-corrected chi connectivity index (χ4v) is 3.93. The van der Waals surface area contributed by atoms with Gasteiger partial charge in [0.05, 0.1) is 11.6 Å². The van der Waals surface area contributed by atoms with Gasteiger partial charge in [0.15, 0.2) is 0 Å². The number of rotatable bonds is 4. The second-order valence-corrected chi connectivity index (χ2v) is 7.53. The molecular weight excluding hydrogens is 362 g/mol. The molecule has 140 valence electrons. The summed E-state index contributed by atoms with van der Waals surface area (Å²) >= 11 is 1.66. The van der Waals surface area contributed by atoms with Gasteiger partial charge in [-0.1, -0.05) is 11.2 Å². The Kier molecular flexibility index (Phi) is 4.98. The fourth-order valence-electron chi connectivity index (χ4n) is 3.47. The summed E-state index contributed by atoms with van der Waals surface area (Å²) in [5, 5.41) is 7.88. The molecule has 1 aliphatic heterocycles. The zero-order valence-corrected chi connectivity index (χ0v) is 16.1. The molecule has 1 amide bonds. The number of amides is 1. The third-order valence-electron chi connectivity index (χ3n) is 4.85. The molecule has 0 saturated carbocycles. The summed E-state index contributed by atoms with van der Waals surface area (Å²) in [4.78, 5) is 24.7. The molecule has 2 aromatic heterocycles. The van der Waals surface area contributed by atoms with E-state index < -0.39 is 0 Å². The van der Waals surface area contributed by atoms with Crippen LogP contribution in [0.2, 0.25) is 0 Å². The Morgan fingerprint density at radius 3 is 3.11 bits per heavy atom. The molecule has 3 aromatic rings. The van der Waals surface area contributed by atoms with Gasteiger partial charge in [0.1, 0.15) is 17.5 Å². The summed E-state index contributed by atoms with van der Waals surface area (Å²) in [5.74, 6) is 0.743. The number of carbonyl (C=O) groups is 1. The highest BCUT2D eigenvalue weighted by Crippen LogP contribution is 2.30. The van der Waals surface area contributed by atoms with E-state index in [9.17, 15) is 4.79 Å². The number of thioether (sulfide) groups is 1. The maximum Gasteiger partial charge on any atom is 0.263 e. The third-order valence-corrected chi connectivity index (χ3v) is 5.58. The average molecular weight is 383 g/mol. The van der Waals surface area contributed by atoms with E-state index >= 15 is 0 Å². The lowest BCUT2D eigenvalue weighted by molar-refractivity contribution is -0.120. The molecule has 0 aliphatic carbocycles. The zero-order chi connectivity index (χ0) is 18.8. The van der Waals surface area contributed by atoms with Gasteiger partial charge in [-0.2, -0.15) is 4.98 Å². The van der Waals surface area contributed by atoms with Crippen molar-refractivity contribution in [3.8, 4) is 0 Å². The van der Waals surface area contributed by atoms with Gasteiger partial charge >= 0.3 is 0 Å². The lowest BCUT2D eigenvalue weighted by atomic mass is 9.96. The Balaban J connectivity index is 1.52. The average Bonchev–Trinajstić information content (AvgIpc) is 3.09. The molecule has 1 aromatic carbocycles. The summed E-state index contributed by atoms with van der Waals surface area (Å²) in [5.41, 5.74) is 2.09. The fraction of sp³-hybridized carbons (Fsp3) is 0.368.